The van der Waals surface area contributed by atoms with Gasteiger partial charge >= 0.3 is 0 Å². The van der Waals surface area contributed by atoms with Gasteiger partial charge in [-0.25, -0.2) is 4.39 Å². The van der Waals surface area contributed by atoms with E-state index in [1.54, 1.807) is 13.1 Å². The Morgan fingerprint density at radius 3 is 2.88 bits per heavy atom. The molecule has 1 aromatic rings. The molecule has 94 valence electrons. The zero-order valence-corrected chi connectivity index (χ0v) is 10.9. The van der Waals surface area contributed by atoms with Crippen LogP contribution in [0.3, 0.4) is 0 Å². The zero-order valence-electron chi connectivity index (χ0n) is 10.0. The number of benzene rings is 1. The van der Waals surface area contributed by atoms with Gasteiger partial charge in [-0.2, -0.15) is 0 Å². The number of hydrogen-bond donors (Lipinski definition) is 2. The second kappa shape index (κ2) is 7.29. The Labute approximate surface area is 105 Å². The lowest BCUT2D eigenvalue weighted by Crippen LogP contribution is -2.20. The van der Waals surface area contributed by atoms with Crippen molar-refractivity contribution in [3.8, 4) is 0 Å². The van der Waals surface area contributed by atoms with E-state index in [9.17, 15) is 9.18 Å². The summed E-state index contributed by atoms with van der Waals surface area (Å²) in [6.45, 7) is 3.44. The minimum Gasteiger partial charge on any atom is -0.358 e. The Balaban J connectivity index is 2.76. The van der Waals surface area contributed by atoms with Crippen LogP contribution in [0.2, 0.25) is 0 Å². The van der Waals surface area contributed by atoms with Crippen molar-refractivity contribution < 1.29 is 9.18 Å². The molecule has 0 saturated heterocycles. The van der Waals surface area contributed by atoms with E-state index in [0.717, 1.165) is 12.1 Å². The third-order valence-corrected chi connectivity index (χ3v) is 3.39. The predicted octanol–water partition coefficient (Wildman–Crippen LogP) is 1.77. The molecule has 17 heavy (non-hydrogen) atoms. The Bertz CT molecular complexity index is 385. The Hall–Kier alpha value is -1.07. The van der Waals surface area contributed by atoms with Gasteiger partial charge in [0.1, 0.15) is 5.82 Å². The summed E-state index contributed by atoms with van der Waals surface area (Å²) in [5.74, 6) is -0.140. The molecule has 0 spiro atoms. The van der Waals surface area contributed by atoms with E-state index in [-0.39, 0.29) is 17.5 Å². The van der Waals surface area contributed by atoms with Gasteiger partial charge in [-0.3, -0.25) is 4.79 Å². The molecule has 3 nitrogen and oxygen atoms in total. The topological polar surface area (TPSA) is 41.1 Å². The molecule has 0 unspecified atom stereocenters. The van der Waals surface area contributed by atoms with Crippen molar-refractivity contribution in [2.24, 2.45) is 0 Å². The lowest BCUT2D eigenvalue weighted by atomic mass is 10.2. The molecule has 0 aliphatic rings. The van der Waals surface area contributed by atoms with E-state index >= 15 is 0 Å². The molecular weight excluding hydrogens is 239 g/mol. The van der Waals surface area contributed by atoms with E-state index in [0.29, 0.717) is 11.4 Å². The smallest absolute Gasteiger partial charge is 0.230 e. The maximum atomic E-state index is 13.7. The van der Waals surface area contributed by atoms with Crippen LogP contribution < -0.4 is 10.6 Å². The summed E-state index contributed by atoms with van der Waals surface area (Å²) in [7, 11) is 1.57. The maximum absolute atomic E-state index is 13.7. The van der Waals surface area contributed by atoms with Gasteiger partial charge in [0.15, 0.2) is 0 Å². The Kier molecular flexibility index (Phi) is 6.00. The molecule has 0 aliphatic carbocycles. The average molecular weight is 256 g/mol. The number of hydrogen-bond acceptors (Lipinski definition) is 3. The summed E-state index contributed by atoms with van der Waals surface area (Å²) < 4.78 is 13.7. The van der Waals surface area contributed by atoms with Crippen molar-refractivity contribution in [1.29, 1.82) is 0 Å². The van der Waals surface area contributed by atoms with E-state index in [2.05, 4.69) is 10.6 Å². The standard InChI is InChI=1S/C12H17FN2OS/c1-3-15-7-9-5-4-6-10(13)12(9)17-8-11(16)14-2/h4-6,15H,3,7-8H2,1-2H3,(H,14,16). The molecule has 0 fully saturated rings. The summed E-state index contributed by atoms with van der Waals surface area (Å²) in [6.07, 6.45) is 0. The fourth-order valence-corrected chi connectivity index (χ4v) is 2.28. The normalized spacial score (nSPS) is 10.3. The molecule has 0 radical (unpaired) electrons. The van der Waals surface area contributed by atoms with Crippen molar-refractivity contribution in [2.75, 3.05) is 19.3 Å². The van der Waals surface area contributed by atoms with Gasteiger partial charge in [0, 0.05) is 18.5 Å². The monoisotopic (exact) mass is 256 g/mol. The number of carbonyl (C=O) groups is 1. The predicted molar refractivity (Wildman–Crippen MR) is 68.6 cm³/mol. The lowest BCUT2D eigenvalue weighted by Gasteiger charge is -2.10. The lowest BCUT2D eigenvalue weighted by molar-refractivity contribution is -0.118. The van der Waals surface area contributed by atoms with Crippen LogP contribution in [0, 0.1) is 5.82 Å². The van der Waals surface area contributed by atoms with Gasteiger partial charge in [0.05, 0.1) is 5.75 Å². The SMILES string of the molecule is CCNCc1cccc(F)c1SCC(=O)NC. The Morgan fingerprint density at radius 2 is 2.24 bits per heavy atom. The largest absolute Gasteiger partial charge is 0.358 e. The fourth-order valence-electron chi connectivity index (χ4n) is 1.32. The van der Waals surface area contributed by atoms with Crippen LogP contribution in [0.15, 0.2) is 23.1 Å². The van der Waals surface area contributed by atoms with Crippen molar-refractivity contribution in [3.05, 3.63) is 29.6 Å². The summed E-state index contributed by atoms with van der Waals surface area (Å²) in [4.78, 5) is 11.7. The van der Waals surface area contributed by atoms with Crippen LogP contribution >= 0.6 is 11.8 Å². The van der Waals surface area contributed by atoms with E-state index in [1.165, 1.54) is 17.8 Å². The molecule has 2 N–H and O–H groups in total. The van der Waals surface area contributed by atoms with Crippen molar-refractivity contribution >= 4 is 17.7 Å². The minimum atomic E-state index is -0.269. The molecular formula is C12H17FN2OS. The third-order valence-electron chi connectivity index (χ3n) is 2.24. The van der Waals surface area contributed by atoms with Gasteiger partial charge in [0.25, 0.3) is 0 Å². The summed E-state index contributed by atoms with van der Waals surface area (Å²) in [5.41, 5.74) is 0.890. The Morgan fingerprint density at radius 1 is 1.47 bits per heavy atom. The number of halogens is 1. The maximum Gasteiger partial charge on any atom is 0.230 e. The molecule has 0 aromatic heterocycles. The van der Waals surface area contributed by atoms with Gasteiger partial charge in [-0.1, -0.05) is 19.1 Å². The van der Waals surface area contributed by atoms with Crippen LogP contribution in [0.5, 0.6) is 0 Å². The number of carbonyl (C=O) groups excluding carboxylic acids is 1. The molecule has 0 aliphatic heterocycles. The molecule has 0 saturated carbocycles. The molecule has 5 heteroatoms. The van der Waals surface area contributed by atoms with Crippen molar-refractivity contribution in [2.45, 2.75) is 18.4 Å². The van der Waals surface area contributed by atoms with Crippen molar-refractivity contribution in [1.82, 2.24) is 10.6 Å². The first-order valence-corrected chi connectivity index (χ1v) is 6.49. The van der Waals surface area contributed by atoms with Crippen LogP contribution in [0.1, 0.15) is 12.5 Å². The highest BCUT2D eigenvalue weighted by molar-refractivity contribution is 8.00. The quantitative estimate of drug-likeness (QED) is 0.762. The highest BCUT2D eigenvalue weighted by Crippen LogP contribution is 2.25. The van der Waals surface area contributed by atoms with Gasteiger partial charge < -0.3 is 10.6 Å². The first-order chi connectivity index (χ1) is 8.19. The molecule has 1 rings (SSSR count). The molecule has 1 amide bonds. The van der Waals surface area contributed by atoms with Crippen molar-refractivity contribution in [3.63, 3.8) is 0 Å². The van der Waals surface area contributed by atoms with E-state index < -0.39 is 0 Å². The summed E-state index contributed by atoms with van der Waals surface area (Å²) >= 11 is 1.23. The zero-order chi connectivity index (χ0) is 12.7. The third kappa shape index (κ3) is 4.36. The first kappa shape index (κ1) is 14.0. The highest BCUT2D eigenvalue weighted by atomic mass is 32.2. The summed E-state index contributed by atoms with van der Waals surface area (Å²) in [5, 5.41) is 5.67. The minimum absolute atomic E-state index is 0.104. The summed E-state index contributed by atoms with van der Waals surface area (Å²) in [6, 6.07) is 4.98. The molecule has 0 heterocycles. The molecule has 0 bridgehead atoms. The average Bonchev–Trinajstić information content (AvgIpc) is 2.34. The number of amides is 1. The fraction of sp³-hybridized carbons (Fsp3) is 0.417. The molecule has 1 aromatic carbocycles. The molecule has 0 atom stereocenters. The van der Waals surface area contributed by atoms with E-state index in [1.807, 2.05) is 13.0 Å². The first-order valence-electron chi connectivity index (χ1n) is 5.50. The van der Waals surface area contributed by atoms with E-state index in [4.69, 9.17) is 0 Å². The van der Waals surface area contributed by atoms with Crippen LogP contribution in [-0.4, -0.2) is 25.3 Å². The number of nitrogens with one attached hydrogen (secondary N) is 2. The number of thioether (sulfide) groups is 1. The van der Waals surface area contributed by atoms with Crippen LogP contribution in [-0.2, 0) is 11.3 Å². The highest BCUT2D eigenvalue weighted by Gasteiger charge is 2.10. The van der Waals surface area contributed by atoms with Gasteiger partial charge in [0.2, 0.25) is 5.91 Å². The number of rotatable bonds is 6. The van der Waals surface area contributed by atoms with Gasteiger partial charge in [-0.15, -0.1) is 11.8 Å². The van der Waals surface area contributed by atoms with Crippen LogP contribution in [0.25, 0.3) is 0 Å². The van der Waals surface area contributed by atoms with Crippen LogP contribution in [0.4, 0.5) is 4.39 Å². The second-order valence-electron chi connectivity index (χ2n) is 3.47. The van der Waals surface area contributed by atoms with Gasteiger partial charge in [-0.05, 0) is 18.2 Å². The second-order valence-corrected chi connectivity index (χ2v) is 4.46.